The summed E-state index contributed by atoms with van der Waals surface area (Å²) in [6.45, 7) is 4.32. The summed E-state index contributed by atoms with van der Waals surface area (Å²) in [7, 11) is 0. The van der Waals surface area contributed by atoms with Crippen LogP contribution >= 0.6 is 0 Å². The van der Waals surface area contributed by atoms with Crippen molar-refractivity contribution in [1.29, 1.82) is 0 Å². The molecule has 0 saturated heterocycles. The van der Waals surface area contributed by atoms with Gasteiger partial charge < -0.3 is 20.6 Å². The first-order valence-corrected chi connectivity index (χ1v) is 34.8. The Morgan fingerprint density at radius 3 is 0.649 bits per heavy atom. The van der Waals surface area contributed by atoms with Crippen LogP contribution in [0.4, 0.5) is 0 Å². The Hall–Kier alpha value is -0.650. The van der Waals surface area contributed by atoms with Gasteiger partial charge in [-0.3, -0.25) is 4.79 Å². The zero-order chi connectivity index (χ0) is 53.6. The fourth-order valence-corrected chi connectivity index (χ4v) is 11.6. The molecule has 0 aliphatic rings. The maximum atomic E-state index is 12.6. The van der Waals surface area contributed by atoms with Crippen LogP contribution in [0.15, 0.2) is 0 Å². The Labute approximate surface area is 466 Å². The third kappa shape index (κ3) is 60.6. The topological polar surface area (TPSA) is 89.8 Å². The molecule has 0 rings (SSSR count). The second-order valence-corrected chi connectivity index (χ2v) is 24.5. The highest BCUT2D eigenvalue weighted by atomic mass is 16.3. The van der Waals surface area contributed by atoms with Gasteiger partial charge in [0.1, 0.15) is 0 Å². The summed E-state index contributed by atoms with van der Waals surface area (Å²) in [5, 5.41) is 33.8. The van der Waals surface area contributed by atoms with Crippen molar-refractivity contribution < 1.29 is 20.1 Å². The number of rotatable bonds is 66. The Balaban J connectivity index is 3.40. The average Bonchev–Trinajstić information content (AvgIpc) is 3.40. The largest absolute Gasteiger partial charge is 0.394 e. The molecule has 74 heavy (non-hydrogen) atoms. The number of unbranched alkanes of at least 4 members (excludes halogenated alkanes) is 57. The smallest absolute Gasteiger partial charge is 0.222 e. The predicted molar refractivity (Wildman–Crippen MR) is 329 cm³/mol. The Morgan fingerprint density at radius 2 is 0.459 bits per heavy atom. The molecule has 0 radical (unpaired) electrons. The van der Waals surface area contributed by atoms with Crippen molar-refractivity contribution in [1.82, 2.24) is 5.32 Å². The van der Waals surface area contributed by atoms with Crippen LogP contribution in [-0.2, 0) is 4.79 Å². The van der Waals surface area contributed by atoms with Crippen LogP contribution in [0.25, 0.3) is 0 Å². The molecule has 5 heteroatoms. The predicted octanol–water partition coefficient (Wildman–Crippen LogP) is 22.4. The van der Waals surface area contributed by atoms with Gasteiger partial charge >= 0.3 is 0 Å². The maximum Gasteiger partial charge on any atom is 0.222 e. The first-order chi connectivity index (χ1) is 36.5. The molecule has 3 unspecified atom stereocenters. The normalized spacial score (nSPS) is 13.0. The summed E-state index contributed by atoms with van der Waals surface area (Å²) < 4.78 is 0. The van der Waals surface area contributed by atoms with E-state index in [4.69, 9.17) is 0 Å². The lowest BCUT2D eigenvalue weighted by Crippen LogP contribution is -2.46. The lowest BCUT2D eigenvalue weighted by molar-refractivity contribution is -0.125. The van der Waals surface area contributed by atoms with Gasteiger partial charge in [-0.25, -0.2) is 0 Å². The number of aliphatic hydroxyl groups excluding tert-OH is 3. The molecule has 0 aromatic heterocycles. The van der Waals surface area contributed by atoms with E-state index in [9.17, 15) is 20.1 Å². The van der Waals surface area contributed by atoms with Crippen molar-refractivity contribution in [2.45, 2.75) is 430 Å². The lowest BCUT2D eigenvalue weighted by Gasteiger charge is -2.23. The quantitative estimate of drug-likeness (QED) is 0.0457. The monoisotopic (exact) mass is 1050 g/mol. The molecule has 3 atom stereocenters. The van der Waals surface area contributed by atoms with E-state index in [0.29, 0.717) is 12.8 Å². The number of carbonyl (C=O) groups excluding carboxylic acids is 1. The molecular formula is C69H139NO4. The number of aliphatic hydroxyl groups is 3. The van der Waals surface area contributed by atoms with Crippen molar-refractivity contribution >= 4 is 5.91 Å². The minimum atomic E-state index is -0.746. The van der Waals surface area contributed by atoms with Crippen molar-refractivity contribution in [3.63, 3.8) is 0 Å². The highest BCUT2D eigenvalue weighted by Gasteiger charge is 2.21. The van der Waals surface area contributed by atoms with E-state index < -0.39 is 18.2 Å². The third-order valence-corrected chi connectivity index (χ3v) is 16.9. The molecule has 0 aromatic carbocycles. The fraction of sp³-hybridized carbons (Fsp3) is 0.986. The molecule has 0 fully saturated rings. The zero-order valence-electron chi connectivity index (χ0n) is 51.0. The number of carbonyl (C=O) groups is 1. The highest BCUT2D eigenvalue weighted by molar-refractivity contribution is 5.76. The Morgan fingerprint density at radius 1 is 0.284 bits per heavy atom. The number of hydrogen-bond donors (Lipinski definition) is 4. The van der Waals surface area contributed by atoms with Crippen LogP contribution in [-0.4, -0.2) is 46.1 Å². The van der Waals surface area contributed by atoms with Crippen molar-refractivity contribution in [3.8, 4) is 0 Å². The van der Waals surface area contributed by atoms with Gasteiger partial charge in [-0.2, -0.15) is 0 Å². The van der Waals surface area contributed by atoms with E-state index in [1.807, 2.05) is 0 Å². The maximum absolute atomic E-state index is 12.6. The second kappa shape index (κ2) is 64.9. The summed E-state index contributed by atoms with van der Waals surface area (Å²) >= 11 is 0. The molecule has 4 N–H and O–H groups in total. The van der Waals surface area contributed by atoms with Gasteiger partial charge in [0.2, 0.25) is 5.91 Å². The van der Waals surface area contributed by atoms with E-state index >= 15 is 0 Å². The van der Waals surface area contributed by atoms with Crippen LogP contribution in [0, 0.1) is 0 Å². The SMILES string of the molecule is CCCCCCCCCCCCCCCCCCCCCCCCCCCCCCCCCCCCCCCC(O)CC(=O)NC(CO)C(O)CCCCCCCCCCCCCCCCCCCCCCCC. The van der Waals surface area contributed by atoms with Crippen LogP contribution < -0.4 is 5.32 Å². The molecule has 0 spiro atoms. The van der Waals surface area contributed by atoms with Gasteiger partial charge in [0.05, 0.1) is 31.3 Å². The van der Waals surface area contributed by atoms with Gasteiger partial charge in [-0.1, -0.05) is 393 Å². The van der Waals surface area contributed by atoms with Crippen LogP contribution in [0.1, 0.15) is 412 Å². The Bertz CT molecular complexity index is 1020. The molecule has 0 saturated carbocycles. The van der Waals surface area contributed by atoms with Gasteiger partial charge in [0, 0.05) is 0 Å². The lowest BCUT2D eigenvalue weighted by atomic mass is 10.0. The van der Waals surface area contributed by atoms with Crippen LogP contribution in [0.2, 0.25) is 0 Å². The molecular weight excluding hydrogens is 907 g/mol. The first kappa shape index (κ1) is 73.3. The highest BCUT2D eigenvalue weighted by Crippen LogP contribution is 2.20. The average molecular weight is 1050 g/mol. The molecule has 0 aliphatic carbocycles. The molecule has 1 amide bonds. The number of nitrogens with one attached hydrogen (secondary N) is 1. The van der Waals surface area contributed by atoms with E-state index in [-0.39, 0.29) is 18.9 Å². The van der Waals surface area contributed by atoms with Crippen molar-refractivity contribution in [2.75, 3.05) is 6.61 Å². The van der Waals surface area contributed by atoms with E-state index in [1.165, 1.54) is 353 Å². The molecule has 0 bridgehead atoms. The Kier molecular flexibility index (Phi) is 64.3. The number of hydrogen-bond acceptors (Lipinski definition) is 4. The standard InChI is InChI=1S/C69H139NO4/c1-3-5-7-9-11-13-15-17-19-21-23-25-27-28-29-30-31-32-33-34-35-36-37-38-39-40-41-42-44-46-48-50-52-54-56-58-60-62-66(72)64-69(74)70-67(65-71)68(73)63-61-59-57-55-53-51-49-47-45-43-26-24-22-20-18-16-14-12-10-8-6-4-2/h66-68,71-73H,3-65H2,1-2H3,(H,70,74). The first-order valence-electron chi connectivity index (χ1n) is 34.8. The minimum Gasteiger partial charge on any atom is -0.394 e. The summed E-state index contributed by atoms with van der Waals surface area (Å²) in [5.41, 5.74) is 0. The third-order valence-electron chi connectivity index (χ3n) is 16.9. The minimum absolute atomic E-state index is 0.0440. The van der Waals surface area contributed by atoms with Crippen LogP contribution in [0.5, 0.6) is 0 Å². The van der Waals surface area contributed by atoms with Crippen molar-refractivity contribution in [3.05, 3.63) is 0 Å². The number of amides is 1. The van der Waals surface area contributed by atoms with Gasteiger partial charge in [0.25, 0.3) is 0 Å². The summed E-state index contributed by atoms with van der Waals surface area (Å²) in [5.74, 6) is -0.272. The van der Waals surface area contributed by atoms with Crippen molar-refractivity contribution in [2.24, 2.45) is 0 Å². The zero-order valence-corrected chi connectivity index (χ0v) is 51.0. The molecule has 0 heterocycles. The molecule has 5 nitrogen and oxygen atoms in total. The fourth-order valence-electron chi connectivity index (χ4n) is 11.6. The second-order valence-electron chi connectivity index (χ2n) is 24.5. The van der Waals surface area contributed by atoms with E-state index in [1.54, 1.807) is 0 Å². The van der Waals surface area contributed by atoms with E-state index in [0.717, 1.165) is 25.7 Å². The summed E-state index contributed by atoms with van der Waals surface area (Å²) in [6, 6.07) is -0.655. The summed E-state index contributed by atoms with van der Waals surface area (Å²) in [6.07, 6.45) is 81.9. The van der Waals surface area contributed by atoms with E-state index in [2.05, 4.69) is 19.2 Å². The molecule has 444 valence electrons. The van der Waals surface area contributed by atoms with Gasteiger partial charge in [-0.15, -0.1) is 0 Å². The van der Waals surface area contributed by atoms with Crippen LogP contribution in [0.3, 0.4) is 0 Å². The summed E-state index contributed by atoms with van der Waals surface area (Å²) in [4.78, 5) is 12.6. The molecule has 0 aromatic rings. The molecule has 0 aliphatic heterocycles. The van der Waals surface area contributed by atoms with Gasteiger partial charge in [0.15, 0.2) is 0 Å². The van der Waals surface area contributed by atoms with Gasteiger partial charge in [-0.05, 0) is 12.8 Å².